The molecule has 5 nitrogen and oxygen atoms in total. The van der Waals surface area contributed by atoms with Crippen LogP contribution in [0.3, 0.4) is 0 Å². The highest BCUT2D eigenvalue weighted by Crippen LogP contribution is 2.27. The average Bonchev–Trinajstić information content (AvgIpc) is 2.79. The number of hydrogen-bond donors (Lipinski definition) is 1. The van der Waals surface area contributed by atoms with Crippen molar-refractivity contribution in [3.8, 4) is 5.75 Å². The fourth-order valence-electron chi connectivity index (χ4n) is 3.13. The quantitative estimate of drug-likeness (QED) is 0.853. The highest BCUT2D eigenvalue weighted by atomic mass is 35.5. The van der Waals surface area contributed by atoms with Gasteiger partial charge in [0.25, 0.3) is 0 Å². The predicted molar refractivity (Wildman–Crippen MR) is 99.0 cm³/mol. The molecule has 1 unspecified atom stereocenters. The standard InChI is InChI=1S/C18H28ClN3O2/c1-21(2)15-5-4-10-22(11-8-15)12-9-18(23)20-16-13-14(19)6-7-17(16)24-3/h6-7,13,15H,4-5,8-12H2,1-3H3,(H,20,23). The molecule has 134 valence electrons. The summed E-state index contributed by atoms with van der Waals surface area (Å²) in [4.78, 5) is 16.9. The minimum absolute atomic E-state index is 0.0102. The molecular formula is C18H28ClN3O2. The summed E-state index contributed by atoms with van der Waals surface area (Å²) in [5, 5.41) is 3.48. The van der Waals surface area contributed by atoms with Crippen molar-refractivity contribution in [2.75, 3.05) is 46.2 Å². The van der Waals surface area contributed by atoms with Gasteiger partial charge in [0, 0.05) is 24.0 Å². The van der Waals surface area contributed by atoms with Gasteiger partial charge in [0.1, 0.15) is 5.75 Å². The van der Waals surface area contributed by atoms with Gasteiger partial charge in [-0.15, -0.1) is 0 Å². The van der Waals surface area contributed by atoms with E-state index in [0.29, 0.717) is 28.9 Å². The normalized spacial score (nSPS) is 19.1. The molecule has 2 rings (SSSR count). The lowest BCUT2D eigenvalue weighted by Crippen LogP contribution is -2.31. The highest BCUT2D eigenvalue weighted by Gasteiger charge is 2.19. The summed E-state index contributed by atoms with van der Waals surface area (Å²) >= 11 is 5.99. The summed E-state index contributed by atoms with van der Waals surface area (Å²) in [5.74, 6) is 0.611. The van der Waals surface area contributed by atoms with E-state index in [9.17, 15) is 4.79 Å². The van der Waals surface area contributed by atoms with Crippen molar-refractivity contribution in [1.82, 2.24) is 9.80 Å². The van der Waals surface area contributed by atoms with Crippen LogP contribution in [0.15, 0.2) is 18.2 Å². The second-order valence-corrected chi connectivity index (χ2v) is 6.97. The number of anilines is 1. The molecule has 1 atom stereocenters. The van der Waals surface area contributed by atoms with Crippen molar-refractivity contribution in [2.45, 2.75) is 31.7 Å². The number of halogens is 1. The molecule has 0 spiro atoms. The Hall–Kier alpha value is -1.30. The van der Waals surface area contributed by atoms with Gasteiger partial charge in [-0.3, -0.25) is 4.79 Å². The van der Waals surface area contributed by atoms with Crippen LogP contribution < -0.4 is 10.1 Å². The molecule has 1 aromatic carbocycles. The van der Waals surface area contributed by atoms with E-state index in [1.54, 1.807) is 25.3 Å². The topological polar surface area (TPSA) is 44.8 Å². The first-order valence-electron chi connectivity index (χ1n) is 8.51. The first kappa shape index (κ1) is 19.0. The Labute approximate surface area is 149 Å². The molecule has 24 heavy (non-hydrogen) atoms. The summed E-state index contributed by atoms with van der Waals surface area (Å²) in [7, 11) is 5.87. The molecule has 1 aliphatic rings. The smallest absolute Gasteiger partial charge is 0.225 e. The van der Waals surface area contributed by atoms with Crippen LogP contribution in [0.25, 0.3) is 0 Å². The molecule has 0 aromatic heterocycles. The van der Waals surface area contributed by atoms with Crippen LogP contribution in [0.5, 0.6) is 5.75 Å². The Balaban J connectivity index is 1.82. The summed E-state index contributed by atoms with van der Waals surface area (Å²) in [6.07, 6.45) is 4.06. The Morgan fingerprint density at radius 1 is 1.38 bits per heavy atom. The fraction of sp³-hybridized carbons (Fsp3) is 0.611. The number of nitrogens with zero attached hydrogens (tertiary/aromatic N) is 2. The molecule has 1 fully saturated rings. The molecule has 1 heterocycles. The molecule has 1 saturated heterocycles. The summed E-state index contributed by atoms with van der Waals surface area (Å²) < 4.78 is 5.26. The van der Waals surface area contributed by atoms with E-state index >= 15 is 0 Å². The SMILES string of the molecule is COc1ccc(Cl)cc1NC(=O)CCN1CCCC(N(C)C)CC1. The number of nitrogens with one attached hydrogen (secondary N) is 1. The molecule has 0 aliphatic carbocycles. The van der Waals surface area contributed by atoms with Crippen LogP contribution in [-0.2, 0) is 4.79 Å². The minimum atomic E-state index is -0.0102. The number of benzene rings is 1. The predicted octanol–water partition coefficient (Wildman–Crippen LogP) is 3.09. The van der Waals surface area contributed by atoms with Gasteiger partial charge in [-0.25, -0.2) is 0 Å². The van der Waals surface area contributed by atoms with E-state index < -0.39 is 0 Å². The summed E-state index contributed by atoms with van der Waals surface area (Å²) in [6, 6.07) is 5.87. The zero-order chi connectivity index (χ0) is 17.5. The molecule has 1 aliphatic heterocycles. The van der Waals surface area contributed by atoms with Crippen molar-refractivity contribution in [3.63, 3.8) is 0 Å². The van der Waals surface area contributed by atoms with Crippen molar-refractivity contribution >= 4 is 23.2 Å². The van der Waals surface area contributed by atoms with E-state index in [1.165, 1.54) is 12.8 Å². The third-order valence-electron chi connectivity index (χ3n) is 4.61. The lowest BCUT2D eigenvalue weighted by Gasteiger charge is -2.23. The van der Waals surface area contributed by atoms with Crippen LogP contribution in [0.2, 0.25) is 5.02 Å². The Bertz CT molecular complexity index is 551. The molecule has 6 heteroatoms. The number of likely N-dealkylation sites (tertiary alicyclic amines) is 1. The van der Waals surface area contributed by atoms with E-state index in [-0.39, 0.29) is 5.91 Å². The van der Waals surface area contributed by atoms with Gasteiger partial charge in [0.05, 0.1) is 12.8 Å². The maximum Gasteiger partial charge on any atom is 0.225 e. The van der Waals surface area contributed by atoms with Crippen LogP contribution >= 0.6 is 11.6 Å². The van der Waals surface area contributed by atoms with Crippen molar-refractivity contribution < 1.29 is 9.53 Å². The van der Waals surface area contributed by atoms with E-state index in [2.05, 4.69) is 29.2 Å². The average molecular weight is 354 g/mol. The number of rotatable bonds is 6. The number of carbonyl (C=O) groups excluding carboxylic acids is 1. The number of hydrogen-bond acceptors (Lipinski definition) is 4. The van der Waals surface area contributed by atoms with E-state index in [0.717, 1.165) is 26.1 Å². The first-order valence-corrected chi connectivity index (χ1v) is 8.89. The molecular weight excluding hydrogens is 326 g/mol. The largest absolute Gasteiger partial charge is 0.495 e. The third-order valence-corrected chi connectivity index (χ3v) is 4.85. The number of amides is 1. The first-order chi connectivity index (χ1) is 11.5. The van der Waals surface area contributed by atoms with Gasteiger partial charge in [-0.05, 0) is 64.6 Å². The highest BCUT2D eigenvalue weighted by molar-refractivity contribution is 6.31. The maximum atomic E-state index is 12.2. The zero-order valence-corrected chi connectivity index (χ0v) is 15.6. The van der Waals surface area contributed by atoms with Crippen molar-refractivity contribution in [3.05, 3.63) is 23.2 Å². The van der Waals surface area contributed by atoms with Gasteiger partial charge >= 0.3 is 0 Å². The van der Waals surface area contributed by atoms with Crippen LogP contribution in [0, 0.1) is 0 Å². The zero-order valence-electron chi connectivity index (χ0n) is 14.8. The Morgan fingerprint density at radius 2 is 2.17 bits per heavy atom. The molecule has 0 radical (unpaired) electrons. The van der Waals surface area contributed by atoms with Crippen molar-refractivity contribution in [2.24, 2.45) is 0 Å². The minimum Gasteiger partial charge on any atom is -0.495 e. The molecule has 0 bridgehead atoms. The number of methoxy groups -OCH3 is 1. The molecule has 1 amide bonds. The lowest BCUT2D eigenvalue weighted by molar-refractivity contribution is -0.116. The monoisotopic (exact) mass is 353 g/mol. The van der Waals surface area contributed by atoms with Gasteiger partial charge in [-0.1, -0.05) is 11.6 Å². The van der Waals surface area contributed by atoms with Crippen LogP contribution in [-0.4, -0.2) is 62.6 Å². The maximum absolute atomic E-state index is 12.2. The number of ether oxygens (including phenoxy) is 1. The Kier molecular flexibility index (Phi) is 7.34. The second-order valence-electron chi connectivity index (χ2n) is 6.53. The molecule has 0 saturated carbocycles. The van der Waals surface area contributed by atoms with Gasteiger partial charge in [0.15, 0.2) is 0 Å². The van der Waals surface area contributed by atoms with Crippen LogP contribution in [0.4, 0.5) is 5.69 Å². The summed E-state index contributed by atoms with van der Waals surface area (Å²) in [5.41, 5.74) is 0.624. The fourth-order valence-corrected chi connectivity index (χ4v) is 3.30. The Morgan fingerprint density at radius 3 is 2.88 bits per heavy atom. The third kappa shape index (κ3) is 5.65. The van der Waals surface area contributed by atoms with Gasteiger partial charge in [-0.2, -0.15) is 0 Å². The molecule has 1 N–H and O–H groups in total. The van der Waals surface area contributed by atoms with Crippen molar-refractivity contribution in [1.29, 1.82) is 0 Å². The van der Waals surface area contributed by atoms with E-state index in [4.69, 9.17) is 16.3 Å². The van der Waals surface area contributed by atoms with Crippen LogP contribution in [0.1, 0.15) is 25.7 Å². The van der Waals surface area contributed by atoms with Gasteiger partial charge in [0.2, 0.25) is 5.91 Å². The number of carbonyl (C=O) groups is 1. The summed E-state index contributed by atoms with van der Waals surface area (Å²) in [6.45, 7) is 2.91. The second kappa shape index (κ2) is 9.25. The lowest BCUT2D eigenvalue weighted by atomic mass is 10.1. The van der Waals surface area contributed by atoms with E-state index in [1.807, 2.05) is 0 Å². The molecule has 1 aromatic rings. The van der Waals surface area contributed by atoms with Gasteiger partial charge < -0.3 is 19.9 Å².